The van der Waals surface area contributed by atoms with Crippen LogP contribution in [0.5, 0.6) is 5.75 Å². The lowest BCUT2D eigenvalue weighted by molar-refractivity contribution is -0.118. The predicted octanol–water partition coefficient (Wildman–Crippen LogP) is 4.03. The number of nitrogens with zero attached hydrogens (tertiary/aromatic N) is 3. The molecule has 1 aromatic heterocycles. The van der Waals surface area contributed by atoms with E-state index >= 15 is 0 Å². The van der Waals surface area contributed by atoms with Gasteiger partial charge in [-0.3, -0.25) is 9.69 Å². The van der Waals surface area contributed by atoms with Gasteiger partial charge in [-0.05, 0) is 63.0 Å². The summed E-state index contributed by atoms with van der Waals surface area (Å²) < 4.78 is 31.5. The molecule has 0 aliphatic heterocycles. The van der Waals surface area contributed by atoms with Gasteiger partial charge in [-0.25, -0.2) is 13.4 Å². The molecule has 10 heteroatoms. The SMILES string of the molecule is COc1ccc(S(=O)(=O)CCC(=O)N(CCN(C)C)c2nc3c(C)c(Cl)ccc3s2)cc1. The number of carbonyl (C=O) groups excluding carboxylic acids is 1. The van der Waals surface area contributed by atoms with Gasteiger partial charge in [-0.1, -0.05) is 22.9 Å². The van der Waals surface area contributed by atoms with Gasteiger partial charge >= 0.3 is 0 Å². The molecular weight excluding hydrogens is 470 g/mol. The normalized spacial score (nSPS) is 11.8. The van der Waals surface area contributed by atoms with Crippen molar-refractivity contribution in [3.8, 4) is 5.75 Å². The molecule has 3 aromatic rings. The number of hydrogen-bond acceptors (Lipinski definition) is 7. The van der Waals surface area contributed by atoms with Crippen molar-refractivity contribution in [2.45, 2.75) is 18.2 Å². The Kier molecular flexibility index (Phi) is 7.76. The zero-order valence-electron chi connectivity index (χ0n) is 18.5. The summed E-state index contributed by atoms with van der Waals surface area (Å²) >= 11 is 7.62. The first-order valence-electron chi connectivity index (χ1n) is 10.00. The van der Waals surface area contributed by atoms with E-state index in [0.717, 1.165) is 15.8 Å². The standard InChI is InChI=1S/C22H26ClN3O4S2/c1-15-18(23)9-10-19-21(15)24-22(31-19)26(13-12-25(2)3)20(27)11-14-32(28,29)17-7-5-16(30-4)6-8-17/h5-10H,11-14H2,1-4H3. The molecule has 0 unspecified atom stereocenters. The number of benzene rings is 2. The molecule has 0 radical (unpaired) electrons. The lowest BCUT2D eigenvalue weighted by atomic mass is 10.2. The number of thiazole rings is 1. The third-order valence-corrected chi connectivity index (χ3v) is 8.23. The van der Waals surface area contributed by atoms with Crippen molar-refractivity contribution in [2.75, 3.05) is 44.9 Å². The van der Waals surface area contributed by atoms with Crippen molar-refractivity contribution >= 4 is 54.0 Å². The zero-order chi connectivity index (χ0) is 23.5. The number of aryl methyl sites for hydroxylation is 1. The maximum Gasteiger partial charge on any atom is 0.229 e. The molecule has 0 saturated carbocycles. The maximum atomic E-state index is 13.1. The van der Waals surface area contributed by atoms with Gasteiger partial charge in [0.25, 0.3) is 0 Å². The lowest BCUT2D eigenvalue weighted by Gasteiger charge is -2.22. The molecule has 0 atom stereocenters. The molecule has 0 aliphatic carbocycles. The topological polar surface area (TPSA) is 79.8 Å². The largest absolute Gasteiger partial charge is 0.497 e. The summed E-state index contributed by atoms with van der Waals surface area (Å²) in [5.41, 5.74) is 1.61. The second kappa shape index (κ2) is 10.2. The molecule has 7 nitrogen and oxygen atoms in total. The Morgan fingerprint density at radius 2 is 1.81 bits per heavy atom. The molecule has 0 aliphatic rings. The third kappa shape index (κ3) is 5.58. The molecule has 1 amide bonds. The number of anilines is 1. The van der Waals surface area contributed by atoms with E-state index in [-0.39, 0.29) is 23.0 Å². The molecule has 3 rings (SSSR count). The summed E-state index contributed by atoms with van der Waals surface area (Å²) in [5.74, 6) is -0.000282. The monoisotopic (exact) mass is 495 g/mol. The smallest absolute Gasteiger partial charge is 0.229 e. The highest BCUT2D eigenvalue weighted by Gasteiger charge is 2.24. The van der Waals surface area contributed by atoms with Crippen molar-refractivity contribution in [1.82, 2.24) is 9.88 Å². The molecule has 2 aromatic carbocycles. The molecule has 0 bridgehead atoms. The van der Waals surface area contributed by atoms with E-state index in [4.69, 9.17) is 16.3 Å². The zero-order valence-corrected chi connectivity index (χ0v) is 20.9. The summed E-state index contributed by atoms with van der Waals surface area (Å²) in [6, 6.07) is 9.85. The number of aromatic nitrogens is 1. The molecule has 0 spiro atoms. The van der Waals surface area contributed by atoms with Gasteiger partial charge < -0.3 is 9.64 Å². The van der Waals surface area contributed by atoms with E-state index in [1.54, 1.807) is 17.0 Å². The van der Waals surface area contributed by atoms with Crippen LogP contribution in [0, 0.1) is 6.92 Å². The van der Waals surface area contributed by atoms with Crippen LogP contribution in [0.25, 0.3) is 10.2 Å². The van der Waals surface area contributed by atoms with Crippen molar-refractivity contribution < 1.29 is 17.9 Å². The number of methoxy groups -OCH3 is 1. The van der Waals surface area contributed by atoms with Gasteiger partial charge in [-0.2, -0.15) is 0 Å². The van der Waals surface area contributed by atoms with Gasteiger partial charge in [0.2, 0.25) is 5.91 Å². The van der Waals surface area contributed by atoms with Gasteiger partial charge in [0.05, 0.1) is 28.0 Å². The van der Waals surface area contributed by atoms with E-state index < -0.39 is 9.84 Å². The first-order chi connectivity index (χ1) is 15.1. The number of carbonyl (C=O) groups is 1. The van der Waals surface area contributed by atoms with Crippen LogP contribution in [0.15, 0.2) is 41.3 Å². The predicted molar refractivity (Wildman–Crippen MR) is 130 cm³/mol. The van der Waals surface area contributed by atoms with Crippen molar-refractivity contribution in [3.05, 3.63) is 47.0 Å². The van der Waals surface area contributed by atoms with Crippen LogP contribution in [0.4, 0.5) is 5.13 Å². The minimum absolute atomic E-state index is 0.141. The molecule has 0 N–H and O–H groups in total. The minimum atomic E-state index is -3.61. The average molecular weight is 496 g/mol. The fraction of sp³-hybridized carbons (Fsp3) is 0.364. The Morgan fingerprint density at radius 1 is 1.12 bits per heavy atom. The second-order valence-electron chi connectivity index (χ2n) is 7.61. The molecular formula is C22H26ClN3O4S2. The Balaban J connectivity index is 1.82. The molecule has 0 fully saturated rings. The van der Waals surface area contributed by atoms with Crippen LogP contribution in [-0.2, 0) is 14.6 Å². The molecule has 0 saturated heterocycles. The number of rotatable bonds is 9. The van der Waals surface area contributed by atoms with Gasteiger partial charge in [-0.15, -0.1) is 0 Å². The van der Waals surface area contributed by atoms with Gasteiger partial charge in [0.15, 0.2) is 15.0 Å². The van der Waals surface area contributed by atoms with Crippen LogP contribution >= 0.6 is 22.9 Å². The van der Waals surface area contributed by atoms with Gasteiger partial charge in [0.1, 0.15) is 5.75 Å². The number of hydrogen-bond donors (Lipinski definition) is 0. The number of likely N-dealkylation sites (N-methyl/N-ethyl adjacent to an activating group) is 1. The summed E-state index contributed by atoms with van der Waals surface area (Å²) in [6.07, 6.45) is -0.141. The fourth-order valence-electron chi connectivity index (χ4n) is 3.09. The van der Waals surface area contributed by atoms with Crippen molar-refractivity contribution in [1.29, 1.82) is 0 Å². The van der Waals surface area contributed by atoms with Gasteiger partial charge in [0, 0.05) is 24.5 Å². The van der Waals surface area contributed by atoms with Crippen molar-refractivity contribution in [2.24, 2.45) is 0 Å². The number of sulfone groups is 1. The Labute approximate surface area is 197 Å². The van der Waals surface area contributed by atoms with Crippen LogP contribution < -0.4 is 9.64 Å². The number of amides is 1. The van der Waals surface area contributed by atoms with E-state index in [1.165, 1.54) is 30.6 Å². The number of halogens is 1. The quantitative estimate of drug-likeness (QED) is 0.446. The van der Waals surface area contributed by atoms with Crippen LogP contribution in [0.3, 0.4) is 0 Å². The highest BCUT2D eigenvalue weighted by molar-refractivity contribution is 7.91. The van der Waals surface area contributed by atoms with E-state index in [2.05, 4.69) is 4.98 Å². The molecule has 172 valence electrons. The lowest BCUT2D eigenvalue weighted by Crippen LogP contribution is -2.37. The van der Waals surface area contributed by atoms with E-state index in [0.29, 0.717) is 29.0 Å². The Hall–Kier alpha value is -2.20. The average Bonchev–Trinajstić information content (AvgIpc) is 3.19. The van der Waals surface area contributed by atoms with Crippen LogP contribution in [-0.4, -0.2) is 64.3 Å². The summed E-state index contributed by atoms with van der Waals surface area (Å²) in [5, 5.41) is 1.16. The number of ether oxygens (including phenoxy) is 1. The maximum absolute atomic E-state index is 13.1. The third-order valence-electron chi connectivity index (χ3n) is 5.04. The van der Waals surface area contributed by atoms with Crippen molar-refractivity contribution in [3.63, 3.8) is 0 Å². The second-order valence-corrected chi connectivity index (χ2v) is 11.1. The summed E-state index contributed by atoms with van der Waals surface area (Å²) in [6.45, 7) is 2.91. The summed E-state index contributed by atoms with van der Waals surface area (Å²) in [4.78, 5) is 21.5. The Bertz CT molecular complexity index is 1210. The summed E-state index contributed by atoms with van der Waals surface area (Å²) in [7, 11) is 1.74. The van der Waals surface area contributed by atoms with Crippen LogP contribution in [0.2, 0.25) is 5.02 Å². The van der Waals surface area contributed by atoms with Crippen LogP contribution in [0.1, 0.15) is 12.0 Å². The highest BCUT2D eigenvalue weighted by Crippen LogP contribution is 2.33. The first kappa shape index (κ1) is 24.4. The van der Waals surface area contributed by atoms with E-state index in [9.17, 15) is 13.2 Å². The molecule has 32 heavy (non-hydrogen) atoms. The van der Waals surface area contributed by atoms with E-state index in [1.807, 2.05) is 38.1 Å². The number of fused-ring (bicyclic) bond motifs is 1. The molecule has 1 heterocycles. The first-order valence-corrected chi connectivity index (χ1v) is 12.8. The fourth-order valence-corrected chi connectivity index (χ4v) is 5.54. The highest BCUT2D eigenvalue weighted by atomic mass is 35.5. The Morgan fingerprint density at radius 3 is 2.44 bits per heavy atom. The minimum Gasteiger partial charge on any atom is -0.497 e.